The summed E-state index contributed by atoms with van der Waals surface area (Å²) in [5.74, 6) is 0. The molecule has 0 aromatic rings. The normalized spacial score (nSPS) is 17.8. The highest BCUT2D eigenvalue weighted by atomic mass is 16.6. The smallest absolute Gasteiger partial charge is 0.104 e. The van der Waals surface area contributed by atoms with Crippen molar-refractivity contribution in [3.05, 3.63) is 0 Å². The van der Waals surface area contributed by atoms with Crippen molar-refractivity contribution in [3.63, 3.8) is 0 Å². The number of hydrogen-bond donors (Lipinski definition) is 11. The number of hydrogen-bond acceptors (Lipinski definition) is 21. The van der Waals surface area contributed by atoms with Crippen molar-refractivity contribution in [2.75, 3.05) is 132 Å². The summed E-state index contributed by atoms with van der Waals surface area (Å²) < 4.78 is 51.1. The molecule has 0 aromatic heterocycles. The van der Waals surface area contributed by atoms with Crippen LogP contribution in [0.1, 0.15) is 27.7 Å². The SMILES string of the molecule is CC(C)OC(CO)COC(CO)COC(CO)CN(CC(CO)OCC(CO)OCC(CO)OCC(O)CO)CC(CO)OCC(CO)OCC(CO)OC(C)C. The standard InChI is InChI=1S/C36H75NO20/c1-25(2)56-35(16-46)23-54-33(14-44)20-51-29(10-40)6-37(7-30(11-41)52-21-34(15-45)55-24-36(17-47)57-26(3)4)5-28(9-39)50-19-32(13-43)53-22-31(12-42)49-18-27(48)8-38/h25-36,38-48H,5-24H2,1-4H3. The zero-order valence-corrected chi connectivity index (χ0v) is 34.1. The number of aliphatic hydroxyl groups excluding tert-OH is 11. The molecule has 0 aromatic carbocycles. The van der Waals surface area contributed by atoms with E-state index < -0.39 is 114 Å². The molecule has 0 bridgehead atoms. The van der Waals surface area contributed by atoms with Crippen LogP contribution in [0.15, 0.2) is 0 Å². The second-order valence-corrected chi connectivity index (χ2v) is 14.0. The summed E-state index contributed by atoms with van der Waals surface area (Å²) in [5.41, 5.74) is 0. The maximum atomic E-state index is 10.3. The van der Waals surface area contributed by atoms with Crippen LogP contribution in [0.5, 0.6) is 0 Å². The first-order valence-corrected chi connectivity index (χ1v) is 19.5. The Kier molecular flexibility index (Phi) is 35.3. The van der Waals surface area contributed by atoms with E-state index >= 15 is 0 Å². The molecule has 57 heavy (non-hydrogen) atoms. The van der Waals surface area contributed by atoms with E-state index in [1.165, 1.54) is 0 Å². The first-order valence-electron chi connectivity index (χ1n) is 19.5. The van der Waals surface area contributed by atoms with Crippen molar-refractivity contribution in [1.82, 2.24) is 4.90 Å². The summed E-state index contributed by atoms with van der Waals surface area (Å²) in [6.45, 7) is 1.86. The third kappa shape index (κ3) is 28.3. The molecule has 0 heterocycles. The van der Waals surface area contributed by atoms with Gasteiger partial charge in [-0.3, -0.25) is 4.90 Å². The quantitative estimate of drug-likeness (QED) is 0.0274. The number of ether oxygens (including phenoxy) is 9. The molecule has 10 unspecified atom stereocenters. The van der Waals surface area contributed by atoms with E-state index in [0.29, 0.717) is 0 Å². The van der Waals surface area contributed by atoms with Gasteiger partial charge in [0.1, 0.15) is 42.7 Å². The van der Waals surface area contributed by atoms with Crippen molar-refractivity contribution >= 4 is 0 Å². The number of aliphatic hydroxyl groups is 11. The maximum absolute atomic E-state index is 10.3. The van der Waals surface area contributed by atoms with Gasteiger partial charge in [-0.05, 0) is 27.7 Å². The molecule has 344 valence electrons. The summed E-state index contributed by atoms with van der Waals surface area (Å²) >= 11 is 0. The van der Waals surface area contributed by atoms with Gasteiger partial charge >= 0.3 is 0 Å². The molecular formula is C36H75NO20. The lowest BCUT2D eigenvalue weighted by atomic mass is 10.2. The molecule has 10 atom stereocenters. The minimum Gasteiger partial charge on any atom is -0.394 e. The Morgan fingerprint density at radius 2 is 0.544 bits per heavy atom. The minimum absolute atomic E-state index is 0.00385. The first-order chi connectivity index (χ1) is 27.3. The molecule has 0 fully saturated rings. The second-order valence-electron chi connectivity index (χ2n) is 14.0. The van der Waals surface area contributed by atoms with Crippen LogP contribution in [0.4, 0.5) is 0 Å². The molecule has 0 radical (unpaired) electrons. The van der Waals surface area contributed by atoms with E-state index in [2.05, 4.69) is 0 Å². The lowest BCUT2D eigenvalue weighted by Gasteiger charge is -2.33. The molecule has 21 heteroatoms. The summed E-state index contributed by atoms with van der Waals surface area (Å²) in [4.78, 5) is 1.69. The lowest BCUT2D eigenvalue weighted by Crippen LogP contribution is -2.48. The molecule has 0 aliphatic rings. The molecule has 0 saturated heterocycles. The summed E-state index contributed by atoms with van der Waals surface area (Å²) in [5, 5.41) is 108. The highest BCUT2D eigenvalue weighted by Crippen LogP contribution is 2.10. The Hall–Kier alpha value is -0.840. The van der Waals surface area contributed by atoms with Crippen molar-refractivity contribution in [3.8, 4) is 0 Å². The molecule has 11 N–H and O–H groups in total. The lowest BCUT2D eigenvalue weighted by molar-refractivity contribution is -0.131. The highest BCUT2D eigenvalue weighted by molar-refractivity contribution is 4.76. The van der Waals surface area contributed by atoms with Gasteiger partial charge in [-0.1, -0.05) is 0 Å². The average Bonchev–Trinajstić information content (AvgIpc) is 3.21. The van der Waals surface area contributed by atoms with E-state index in [4.69, 9.17) is 47.7 Å². The Bertz CT molecular complexity index is 840. The molecule has 0 saturated carbocycles. The highest BCUT2D eigenvalue weighted by Gasteiger charge is 2.26. The third-order valence-electron chi connectivity index (χ3n) is 7.99. The van der Waals surface area contributed by atoms with E-state index in [1.54, 1.807) is 32.6 Å². The van der Waals surface area contributed by atoms with Crippen molar-refractivity contribution in [1.29, 1.82) is 0 Å². The van der Waals surface area contributed by atoms with Crippen LogP contribution in [-0.2, 0) is 42.6 Å². The van der Waals surface area contributed by atoms with Crippen LogP contribution in [0.2, 0.25) is 0 Å². The Labute approximate surface area is 336 Å². The molecule has 0 aliphatic carbocycles. The molecule has 0 amide bonds. The molecule has 0 spiro atoms. The Balaban J connectivity index is 5.77. The third-order valence-corrected chi connectivity index (χ3v) is 7.99. The molecule has 0 rings (SSSR count). The summed E-state index contributed by atoms with van der Waals surface area (Å²) in [7, 11) is 0. The molecule has 21 nitrogen and oxygen atoms in total. The van der Waals surface area contributed by atoms with Gasteiger partial charge in [0.05, 0.1) is 143 Å². The van der Waals surface area contributed by atoms with Gasteiger partial charge < -0.3 is 98.8 Å². The van der Waals surface area contributed by atoms with E-state index in [-0.39, 0.29) is 91.3 Å². The van der Waals surface area contributed by atoms with Gasteiger partial charge in [0.15, 0.2) is 0 Å². The first kappa shape index (κ1) is 56.2. The largest absolute Gasteiger partial charge is 0.394 e. The van der Waals surface area contributed by atoms with Crippen LogP contribution >= 0.6 is 0 Å². The van der Waals surface area contributed by atoms with Crippen LogP contribution in [-0.4, -0.2) is 266 Å². The van der Waals surface area contributed by atoms with Crippen molar-refractivity contribution < 1.29 is 98.8 Å². The van der Waals surface area contributed by atoms with Gasteiger partial charge in [0.25, 0.3) is 0 Å². The van der Waals surface area contributed by atoms with Crippen LogP contribution in [0, 0.1) is 0 Å². The zero-order chi connectivity index (χ0) is 43.0. The van der Waals surface area contributed by atoms with Crippen LogP contribution in [0.3, 0.4) is 0 Å². The fourth-order valence-electron chi connectivity index (χ4n) is 4.99. The van der Waals surface area contributed by atoms with Gasteiger partial charge in [-0.25, -0.2) is 0 Å². The van der Waals surface area contributed by atoms with Gasteiger partial charge in [0, 0.05) is 19.6 Å². The second kappa shape index (κ2) is 35.9. The summed E-state index contributed by atoms with van der Waals surface area (Å²) in [6, 6.07) is 0. The van der Waals surface area contributed by atoms with Crippen LogP contribution in [0.25, 0.3) is 0 Å². The van der Waals surface area contributed by atoms with Crippen molar-refractivity contribution in [2.45, 2.75) is 101 Å². The van der Waals surface area contributed by atoms with E-state index in [0.717, 1.165) is 0 Å². The van der Waals surface area contributed by atoms with Gasteiger partial charge in [-0.15, -0.1) is 0 Å². The Morgan fingerprint density at radius 1 is 0.316 bits per heavy atom. The van der Waals surface area contributed by atoms with E-state index in [1.807, 2.05) is 0 Å². The molecule has 0 aliphatic heterocycles. The fraction of sp³-hybridized carbons (Fsp3) is 1.00. The van der Waals surface area contributed by atoms with Gasteiger partial charge in [0.2, 0.25) is 0 Å². The molecular weight excluding hydrogens is 766 g/mol. The van der Waals surface area contributed by atoms with E-state index in [9.17, 15) is 51.1 Å². The predicted molar refractivity (Wildman–Crippen MR) is 202 cm³/mol. The Morgan fingerprint density at radius 3 is 0.772 bits per heavy atom. The monoisotopic (exact) mass is 841 g/mol. The fourth-order valence-corrected chi connectivity index (χ4v) is 4.99. The zero-order valence-electron chi connectivity index (χ0n) is 34.1. The van der Waals surface area contributed by atoms with Crippen LogP contribution < -0.4 is 0 Å². The van der Waals surface area contributed by atoms with Gasteiger partial charge in [-0.2, -0.15) is 0 Å². The number of nitrogens with zero attached hydrogens (tertiary/aromatic N) is 1. The maximum Gasteiger partial charge on any atom is 0.104 e. The summed E-state index contributed by atoms with van der Waals surface area (Å²) in [6.07, 6.45) is -8.79. The van der Waals surface area contributed by atoms with Crippen molar-refractivity contribution in [2.24, 2.45) is 0 Å². The number of rotatable bonds is 41. The average molecular weight is 842 g/mol. The minimum atomic E-state index is -1.14. The topological polar surface area (TPSA) is 309 Å². The predicted octanol–water partition coefficient (Wildman–Crippen LogP) is -5.14.